The lowest BCUT2D eigenvalue weighted by atomic mass is 9.95. The number of benzene rings is 4. The van der Waals surface area contributed by atoms with Crippen LogP contribution in [0.1, 0.15) is 74.6 Å². The lowest BCUT2D eigenvalue weighted by Crippen LogP contribution is -2.06. The zero-order valence-electron chi connectivity index (χ0n) is 23.5. The summed E-state index contributed by atoms with van der Waals surface area (Å²) >= 11 is 0. The standard InChI is InChI=1S/C37H38N2/c1-4-5-6-8-17-30-23-28(26(2)3)21-22-35(30)39-36(25-38-37(39)27-14-9-7-10-15-27)33-20-13-19-32-31-18-12-11-16-29(31)24-34(32)33/h7,9-16,18-23,25-26H,4-6,8,17,24H2,1-3H3. The average molecular weight is 511 g/mol. The second-order valence-corrected chi connectivity index (χ2v) is 11.2. The fraction of sp³-hybridized carbons (Fsp3) is 0.270. The van der Waals surface area contributed by atoms with Crippen molar-refractivity contribution in [2.45, 2.75) is 65.2 Å². The van der Waals surface area contributed by atoms with Crippen LogP contribution in [0.4, 0.5) is 0 Å². The Hall–Kier alpha value is -3.91. The zero-order chi connectivity index (χ0) is 26.8. The molecule has 0 fully saturated rings. The molecule has 2 nitrogen and oxygen atoms in total. The first-order chi connectivity index (χ1) is 19.2. The van der Waals surface area contributed by atoms with Crippen LogP contribution >= 0.6 is 0 Å². The summed E-state index contributed by atoms with van der Waals surface area (Å²) in [5.74, 6) is 1.51. The van der Waals surface area contributed by atoms with E-state index in [4.69, 9.17) is 4.98 Å². The van der Waals surface area contributed by atoms with Crippen molar-refractivity contribution in [3.8, 4) is 39.5 Å². The summed E-state index contributed by atoms with van der Waals surface area (Å²) in [6.45, 7) is 6.86. The number of imidazole rings is 1. The van der Waals surface area contributed by atoms with E-state index >= 15 is 0 Å². The van der Waals surface area contributed by atoms with E-state index in [1.807, 2.05) is 0 Å². The number of hydrogen-bond acceptors (Lipinski definition) is 1. The monoisotopic (exact) mass is 510 g/mol. The third-order valence-electron chi connectivity index (χ3n) is 8.23. The first-order valence-corrected chi connectivity index (χ1v) is 14.6. The Balaban J connectivity index is 1.55. The summed E-state index contributed by atoms with van der Waals surface area (Å²) in [5.41, 5.74) is 13.2. The molecule has 0 atom stereocenters. The first-order valence-electron chi connectivity index (χ1n) is 14.6. The minimum absolute atomic E-state index is 0.500. The molecule has 0 spiro atoms. The van der Waals surface area contributed by atoms with Gasteiger partial charge in [0.05, 0.1) is 17.6 Å². The number of aromatic nitrogens is 2. The van der Waals surface area contributed by atoms with Gasteiger partial charge in [0.1, 0.15) is 5.82 Å². The average Bonchev–Trinajstić information content (AvgIpc) is 3.58. The summed E-state index contributed by atoms with van der Waals surface area (Å²) in [7, 11) is 0. The van der Waals surface area contributed by atoms with Crippen molar-refractivity contribution in [1.29, 1.82) is 0 Å². The third kappa shape index (κ3) is 4.85. The molecule has 0 saturated carbocycles. The molecular formula is C37H38N2. The number of unbranched alkanes of at least 4 members (excludes halogenated alkanes) is 3. The van der Waals surface area contributed by atoms with E-state index in [1.54, 1.807) is 0 Å². The maximum atomic E-state index is 5.09. The van der Waals surface area contributed by atoms with Gasteiger partial charge < -0.3 is 0 Å². The summed E-state index contributed by atoms with van der Waals surface area (Å²) in [5, 5.41) is 0. The fourth-order valence-electron chi connectivity index (χ4n) is 6.10. The molecule has 0 aliphatic heterocycles. The van der Waals surface area contributed by atoms with Gasteiger partial charge in [0, 0.05) is 11.1 Å². The number of hydrogen-bond donors (Lipinski definition) is 0. The van der Waals surface area contributed by atoms with Crippen LogP contribution in [0, 0.1) is 0 Å². The van der Waals surface area contributed by atoms with Gasteiger partial charge >= 0.3 is 0 Å². The zero-order valence-corrected chi connectivity index (χ0v) is 23.5. The van der Waals surface area contributed by atoms with Crippen LogP contribution in [-0.4, -0.2) is 9.55 Å². The van der Waals surface area contributed by atoms with Crippen molar-refractivity contribution in [3.05, 3.63) is 119 Å². The molecule has 0 N–H and O–H groups in total. The van der Waals surface area contributed by atoms with E-state index in [-0.39, 0.29) is 0 Å². The van der Waals surface area contributed by atoms with Crippen molar-refractivity contribution in [2.24, 2.45) is 0 Å². The van der Waals surface area contributed by atoms with Crippen LogP contribution < -0.4 is 0 Å². The van der Waals surface area contributed by atoms with Crippen LogP contribution in [0.25, 0.3) is 39.5 Å². The fourth-order valence-corrected chi connectivity index (χ4v) is 6.10. The van der Waals surface area contributed by atoms with Crippen molar-refractivity contribution >= 4 is 0 Å². The Morgan fingerprint density at radius 2 is 1.54 bits per heavy atom. The molecule has 39 heavy (non-hydrogen) atoms. The maximum Gasteiger partial charge on any atom is 0.144 e. The Morgan fingerprint density at radius 3 is 2.36 bits per heavy atom. The molecule has 0 bridgehead atoms. The van der Waals surface area contributed by atoms with E-state index in [0.717, 1.165) is 24.2 Å². The number of aryl methyl sites for hydroxylation is 1. The lowest BCUT2D eigenvalue weighted by molar-refractivity contribution is 0.665. The van der Waals surface area contributed by atoms with E-state index in [0.29, 0.717) is 5.92 Å². The highest BCUT2D eigenvalue weighted by atomic mass is 15.1. The summed E-state index contributed by atoms with van der Waals surface area (Å²) in [6, 6.07) is 33.4. The van der Waals surface area contributed by atoms with Crippen LogP contribution in [0.3, 0.4) is 0 Å². The molecule has 196 valence electrons. The van der Waals surface area contributed by atoms with Gasteiger partial charge in [-0.15, -0.1) is 0 Å². The minimum Gasteiger partial charge on any atom is -0.292 e. The third-order valence-corrected chi connectivity index (χ3v) is 8.23. The van der Waals surface area contributed by atoms with Gasteiger partial charge in [-0.1, -0.05) is 125 Å². The molecule has 2 heteroatoms. The van der Waals surface area contributed by atoms with E-state index in [2.05, 4.69) is 123 Å². The largest absolute Gasteiger partial charge is 0.292 e. The quantitative estimate of drug-likeness (QED) is 0.177. The molecule has 0 radical (unpaired) electrons. The second kappa shape index (κ2) is 11.1. The first kappa shape index (κ1) is 25.4. The number of fused-ring (bicyclic) bond motifs is 3. The molecule has 5 aromatic rings. The number of rotatable bonds is 9. The predicted octanol–water partition coefficient (Wildman–Crippen LogP) is 10.0. The van der Waals surface area contributed by atoms with Crippen LogP contribution in [0.15, 0.2) is 97.2 Å². The summed E-state index contributed by atoms with van der Waals surface area (Å²) in [4.78, 5) is 5.09. The van der Waals surface area contributed by atoms with E-state index in [9.17, 15) is 0 Å². The molecular weight excluding hydrogens is 472 g/mol. The van der Waals surface area contributed by atoms with E-state index in [1.165, 1.54) is 76.0 Å². The van der Waals surface area contributed by atoms with Crippen molar-refractivity contribution in [2.75, 3.05) is 0 Å². The second-order valence-electron chi connectivity index (χ2n) is 11.2. The van der Waals surface area contributed by atoms with Gasteiger partial charge in [-0.2, -0.15) is 0 Å². The molecule has 0 amide bonds. The maximum absolute atomic E-state index is 5.09. The Kier molecular flexibility index (Phi) is 7.20. The smallest absolute Gasteiger partial charge is 0.144 e. The van der Waals surface area contributed by atoms with Gasteiger partial charge in [-0.05, 0) is 64.6 Å². The Labute approximate surface area is 233 Å². The van der Waals surface area contributed by atoms with Crippen LogP contribution in [0.5, 0.6) is 0 Å². The highest BCUT2D eigenvalue weighted by Crippen LogP contribution is 2.43. The SMILES string of the molecule is CCCCCCc1cc(C(C)C)ccc1-n1c(-c2cccc3c2Cc2ccccc2-3)cnc1-c1ccccc1. The molecule has 1 aromatic heterocycles. The van der Waals surface area contributed by atoms with Crippen molar-refractivity contribution in [3.63, 3.8) is 0 Å². The molecule has 1 aliphatic carbocycles. The topological polar surface area (TPSA) is 17.8 Å². The molecule has 6 rings (SSSR count). The van der Waals surface area contributed by atoms with Crippen molar-refractivity contribution in [1.82, 2.24) is 9.55 Å². The van der Waals surface area contributed by atoms with Gasteiger partial charge in [0.25, 0.3) is 0 Å². The summed E-state index contributed by atoms with van der Waals surface area (Å²) < 4.78 is 2.44. The number of nitrogens with zero attached hydrogens (tertiary/aromatic N) is 2. The van der Waals surface area contributed by atoms with Gasteiger partial charge in [0.2, 0.25) is 0 Å². The molecule has 0 unspecified atom stereocenters. The molecule has 4 aromatic carbocycles. The van der Waals surface area contributed by atoms with Gasteiger partial charge in [-0.25, -0.2) is 4.98 Å². The highest BCUT2D eigenvalue weighted by molar-refractivity contribution is 5.85. The Bertz CT molecular complexity index is 1590. The molecule has 0 saturated heterocycles. The molecule has 1 aliphatic rings. The van der Waals surface area contributed by atoms with E-state index < -0.39 is 0 Å². The highest BCUT2D eigenvalue weighted by Gasteiger charge is 2.25. The lowest BCUT2D eigenvalue weighted by Gasteiger charge is -2.20. The van der Waals surface area contributed by atoms with Gasteiger partial charge in [0.15, 0.2) is 0 Å². The Morgan fingerprint density at radius 1 is 0.769 bits per heavy atom. The van der Waals surface area contributed by atoms with Gasteiger partial charge in [-0.3, -0.25) is 4.57 Å². The molecule has 1 heterocycles. The normalized spacial score (nSPS) is 12.1. The minimum atomic E-state index is 0.500. The predicted molar refractivity (Wildman–Crippen MR) is 165 cm³/mol. The van der Waals surface area contributed by atoms with Crippen LogP contribution in [-0.2, 0) is 12.8 Å². The summed E-state index contributed by atoms with van der Waals surface area (Å²) in [6.07, 6.45) is 9.17. The van der Waals surface area contributed by atoms with Crippen LogP contribution in [0.2, 0.25) is 0 Å². The van der Waals surface area contributed by atoms with Crippen molar-refractivity contribution < 1.29 is 0 Å².